The summed E-state index contributed by atoms with van der Waals surface area (Å²) in [4.78, 5) is 2.66. The standard InChI is InChI=1S/C12H24N2/c1-9(2)14(8-10-3-4-10)12(7-13)11-5-6-11/h9-12H,3-8,13H2,1-2H3. The van der Waals surface area contributed by atoms with E-state index in [2.05, 4.69) is 18.7 Å². The van der Waals surface area contributed by atoms with Crippen LogP contribution in [0, 0.1) is 11.8 Å². The molecule has 0 aromatic rings. The van der Waals surface area contributed by atoms with Crippen molar-refractivity contribution >= 4 is 0 Å². The van der Waals surface area contributed by atoms with Gasteiger partial charge in [-0.05, 0) is 51.4 Å². The summed E-state index contributed by atoms with van der Waals surface area (Å²) in [5.74, 6) is 1.91. The van der Waals surface area contributed by atoms with Crippen molar-refractivity contribution in [2.24, 2.45) is 17.6 Å². The van der Waals surface area contributed by atoms with Gasteiger partial charge in [-0.2, -0.15) is 0 Å². The summed E-state index contributed by atoms with van der Waals surface area (Å²) >= 11 is 0. The van der Waals surface area contributed by atoms with Crippen LogP contribution in [-0.4, -0.2) is 30.1 Å². The van der Waals surface area contributed by atoms with Gasteiger partial charge in [0.25, 0.3) is 0 Å². The highest BCUT2D eigenvalue weighted by Crippen LogP contribution is 2.38. The van der Waals surface area contributed by atoms with Crippen molar-refractivity contribution in [1.29, 1.82) is 0 Å². The molecule has 0 aromatic carbocycles. The van der Waals surface area contributed by atoms with Gasteiger partial charge in [-0.3, -0.25) is 4.90 Å². The fourth-order valence-corrected chi connectivity index (χ4v) is 2.41. The molecule has 82 valence electrons. The second-order valence-corrected chi connectivity index (χ2v) is 5.37. The summed E-state index contributed by atoms with van der Waals surface area (Å²) in [7, 11) is 0. The first-order valence-corrected chi connectivity index (χ1v) is 6.18. The molecule has 2 nitrogen and oxygen atoms in total. The van der Waals surface area contributed by atoms with Crippen molar-refractivity contribution in [3.8, 4) is 0 Å². The zero-order valence-corrected chi connectivity index (χ0v) is 9.58. The van der Waals surface area contributed by atoms with Gasteiger partial charge in [0.15, 0.2) is 0 Å². The Hall–Kier alpha value is -0.0800. The first-order valence-electron chi connectivity index (χ1n) is 6.18. The van der Waals surface area contributed by atoms with Crippen molar-refractivity contribution in [2.75, 3.05) is 13.1 Å². The van der Waals surface area contributed by atoms with E-state index >= 15 is 0 Å². The van der Waals surface area contributed by atoms with Crippen LogP contribution in [0.3, 0.4) is 0 Å². The van der Waals surface area contributed by atoms with Crippen LogP contribution in [0.25, 0.3) is 0 Å². The average molecular weight is 196 g/mol. The minimum atomic E-state index is 0.671. The quantitative estimate of drug-likeness (QED) is 0.702. The fraction of sp³-hybridized carbons (Fsp3) is 1.00. The second kappa shape index (κ2) is 4.19. The van der Waals surface area contributed by atoms with E-state index in [4.69, 9.17) is 5.73 Å². The first kappa shape index (κ1) is 10.4. The van der Waals surface area contributed by atoms with Crippen LogP contribution in [0.15, 0.2) is 0 Å². The largest absolute Gasteiger partial charge is 0.329 e. The number of nitrogens with zero attached hydrogens (tertiary/aromatic N) is 1. The Kier molecular flexibility index (Phi) is 3.13. The minimum absolute atomic E-state index is 0.671. The molecular weight excluding hydrogens is 172 g/mol. The maximum absolute atomic E-state index is 5.91. The molecule has 0 bridgehead atoms. The molecule has 1 unspecified atom stereocenters. The molecule has 2 aliphatic rings. The molecule has 2 saturated carbocycles. The van der Waals surface area contributed by atoms with Crippen LogP contribution in [0.2, 0.25) is 0 Å². The predicted octanol–water partition coefficient (Wildman–Crippen LogP) is 1.84. The molecule has 0 aromatic heterocycles. The number of rotatable bonds is 6. The van der Waals surface area contributed by atoms with E-state index in [0.717, 1.165) is 18.4 Å². The molecule has 0 heterocycles. The van der Waals surface area contributed by atoms with E-state index in [-0.39, 0.29) is 0 Å². The molecule has 2 rings (SSSR count). The van der Waals surface area contributed by atoms with E-state index in [1.54, 1.807) is 0 Å². The van der Waals surface area contributed by atoms with Crippen LogP contribution in [0.4, 0.5) is 0 Å². The molecule has 2 fully saturated rings. The first-order chi connectivity index (χ1) is 6.72. The van der Waals surface area contributed by atoms with Gasteiger partial charge in [-0.25, -0.2) is 0 Å². The molecule has 0 radical (unpaired) electrons. The smallest absolute Gasteiger partial charge is 0.0249 e. The van der Waals surface area contributed by atoms with Crippen molar-refractivity contribution in [1.82, 2.24) is 4.90 Å². The highest BCUT2D eigenvalue weighted by Gasteiger charge is 2.37. The molecule has 14 heavy (non-hydrogen) atoms. The van der Waals surface area contributed by atoms with Crippen LogP contribution < -0.4 is 5.73 Å². The van der Waals surface area contributed by atoms with Crippen molar-refractivity contribution in [3.63, 3.8) is 0 Å². The molecule has 2 N–H and O–H groups in total. The van der Waals surface area contributed by atoms with Gasteiger partial charge in [-0.15, -0.1) is 0 Å². The summed E-state index contributed by atoms with van der Waals surface area (Å²) in [6.07, 6.45) is 5.72. The van der Waals surface area contributed by atoms with Gasteiger partial charge in [0.05, 0.1) is 0 Å². The summed E-state index contributed by atoms with van der Waals surface area (Å²) in [6.45, 7) is 6.78. The molecule has 0 saturated heterocycles. The lowest BCUT2D eigenvalue weighted by Crippen LogP contribution is -2.47. The van der Waals surface area contributed by atoms with E-state index in [1.807, 2.05) is 0 Å². The predicted molar refractivity (Wildman–Crippen MR) is 60.1 cm³/mol. The Morgan fingerprint density at radius 2 is 1.86 bits per heavy atom. The Balaban J connectivity index is 1.91. The molecule has 1 atom stereocenters. The maximum atomic E-state index is 5.91. The second-order valence-electron chi connectivity index (χ2n) is 5.37. The summed E-state index contributed by atoms with van der Waals surface area (Å²) < 4.78 is 0. The zero-order valence-electron chi connectivity index (χ0n) is 9.58. The Bertz CT molecular complexity index is 183. The average Bonchev–Trinajstić information content (AvgIpc) is 2.99. The van der Waals surface area contributed by atoms with Crippen molar-refractivity contribution in [3.05, 3.63) is 0 Å². The lowest BCUT2D eigenvalue weighted by atomic mass is 10.1. The van der Waals surface area contributed by atoms with E-state index in [9.17, 15) is 0 Å². The maximum Gasteiger partial charge on any atom is 0.0249 e. The topological polar surface area (TPSA) is 29.3 Å². The monoisotopic (exact) mass is 196 g/mol. The third-order valence-electron chi connectivity index (χ3n) is 3.66. The van der Waals surface area contributed by atoms with Crippen LogP contribution in [-0.2, 0) is 0 Å². The fourth-order valence-electron chi connectivity index (χ4n) is 2.41. The van der Waals surface area contributed by atoms with Gasteiger partial charge in [0, 0.05) is 25.2 Å². The number of hydrogen-bond acceptors (Lipinski definition) is 2. The van der Waals surface area contributed by atoms with Gasteiger partial charge in [-0.1, -0.05) is 0 Å². The van der Waals surface area contributed by atoms with E-state index in [0.29, 0.717) is 12.1 Å². The minimum Gasteiger partial charge on any atom is -0.329 e. The van der Waals surface area contributed by atoms with Gasteiger partial charge < -0.3 is 5.73 Å². The molecule has 2 aliphatic carbocycles. The number of hydrogen-bond donors (Lipinski definition) is 1. The molecule has 2 heteroatoms. The zero-order chi connectivity index (χ0) is 10.1. The van der Waals surface area contributed by atoms with E-state index in [1.165, 1.54) is 32.2 Å². The Labute approximate surface area is 87.8 Å². The molecule has 0 amide bonds. The highest BCUT2D eigenvalue weighted by atomic mass is 15.2. The normalized spacial score (nSPS) is 24.6. The summed E-state index contributed by atoms with van der Waals surface area (Å²) in [5, 5.41) is 0. The summed E-state index contributed by atoms with van der Waals surface area (Å²) in [6, 6.07) is 1.35. The van der Waals surface area contributed by atoms with Gasteiger partial charge in [0.1, 0.15) is 0 Å². The van der Waals surface area contributed by atoms with Gasteiger partial charge >= 0.3 is 0 Å². The van der Waals surface area contributed by atoms with Crippen LogP contribution in [0.5, 0.6) is 0 Å². The third-order valence-corrected chi connectivity index (χ3v) is 3.66. The lowest BCUT2D eigenvalue weighted by Gasteiger charge is -2.34. The van der Waals surface area contributed by atoms with Crippen molar-refractivity contribution < 1.29 is 0 Å². The van der Waals surface area contributed by atoms with Gasteiger partial charge in [0.2, 0.25) is 0 Å². The van der Waals surface area contributed by atoms with Crippen LogP contribution in [0.1, 0.15) is 39.5 Å². The third kappa shape index (κ3) is 2.48. The lowest BCUT2D eigenvalue weighted by molar-refractivity contribution is 0.133. The Morgan fingerprint density at radius 1 is 1.21 bits per heavy atom. The highest BCUT2D eigenvalue weighted by molar-refractivity contribution is 4.92. The Morgan fingerprint density at radius 3 is 2.21 bits per heavy atom. The van der Waals surface area contributed by atoms with Crippen molar-refractivity contribution in [2.45, 2.75) is 51.6 Å². The molecular formula is C12H24N2. The van der Waals surface area contributed by atoms with E-state index < -0.39 is 0 Å². The molecule has 0 spiro atoms. The SMILES string of the molecule is CC(C)N(CC1CC1)C(CN)C1CC1. The van der Waals surface area contributed by atoms with Crippen LogP contribution >= 0.6 is 0 Å². The molecule has 0 aliphatic heterocycles. The number of nitrogens with two attached hydrogens (primary N) is 1. The summed E-state index contributed by atoms with van der Waals surface area (Å²) in [5.41, 5.74) is 5.91.